The molecule has 1 aliphatic carbocycles. The van der Waals surface area contributed by atoms with E-state index in [1.54, 1.807) is 0 Å². The van der Waals surface area contributed by atoms with Gasteiger partial charge in [-0.3, -0.25) is 14.0 Å². The summed E-state index contributed by atoms with van der Waals surface area (Å²) in [5.41, 5.74) is 2.22. The van der Waals surface area contributed by atoms with E-state index in [2.05, 4.69) is 18.9 Å². The van der Waals surface area contributed by atoms with E-state index >= 15 is 0 Å². The second-order valence-electron chi connectivity index (χ2n) is 5.41. The first kappa shape index (κ1) is 12.7. The normalized spacial score (nSPS) is 14.9. The van der Waals surface area contributed by atoms with Crippen LogP contribution in [0, 0.1) is 0 Å². The fourth-order valence-electron chi connectivity index (χ4n) is 2.60. The van der Waals surface area contributed by atoms with Crippen LogP contribution in [0.25, 0.3) is 0 Å². The van der Waals surface area contributed by atoms with Crippen molar-refractivity contribution in [1.29, 1.82) is 0 Å². The minimum absolute atomic E-state index is 0.172. The summed E-state index contributed by atoms with van der Waals surface area (Å²) in [5.74, 6) is 0. The molecule has 19 heavy (non-hydrogen) atoms. The minimum Gasteiger partial charge on any atom is -0.297 e. The Morgan fingerprint density at radius 3 is 2.89 bits per heavy atom. The molecule has 0 amide bonds. The number of nitrogens with zero attached hydrogens (tertiary/aromatic N) is 3. The molecule has 2 aromatic heterocycles. The third-order valence-electron chi connectivity index (χ3n) is 3.66. The molecule has 2 aromatic rings. The van der Waals surface area contributed by atoms with Gasteiger partial charge in [-0.05, 0) is 45.6 Å². The number of thiazole rings is 1. The van der Waals surface area contributed by atoms with Crippen molar-refractivity contribution in [3.8, 4) is 0 Å². The minimum atomic E-state index is 0.172. The molecule has 0 saturated heterocycles. The molecule has 0 unspecified atom stereocenters. The van der Waals surface area contributed by atoms with Crippen molar-refractivity contribution >= 4 is 11.3 Å². The quantitative estimate of drug-likeness (QED) is 0.865. The molecule has 3 rings (SSSR count). The van der Waals surface area contributed by atoms with Gasteiger partial charge in [0.15, 0.2) is 0 Å². The zero-order valence-corrected chi connectivity index (χ0v) is 12.2. The van der Waals surface area contributed by atoms with Crippen LogP contribution < -0.4 is 4.87 Å². The van der Waals surface area contributed by atoms with E-state index in [4.69, 9.17) is 0 Å². The maximum Gasteiger partial charge on any atom is 0.307 e. The first-order valence-corrected chi connectivity index (χ1v) is 7.72. The largest absolute Gasteiger partial charge is 0.307 e. The average Bonchev–Trinajstić information content (AvgIpc) is 2.96. The van der Waals surface area contributed by atoms with Gasteiger partial charge >= 0.3 is 4.87 Å². The van der Waals surface area contributed by atoms with Gasteiger partial charge in [0.2, 0.25) is 0 Å². The Kier molecular flexibility index (Phi) is 3.31. The third kappa shape index (κ3) is 2.39. The van der Waals surface area contributed by atoms with Crippen LogP contribution in [0.4, 0.5) is 0 Å². The molecular formula is C14H19N3OS. The van der Waals surface area contributed by atoms with Crippen molar-refractivity contribution in [3.05, 3.63) is 38.2 Å². The standard InChI is InChI=1S/C14H19N3OS/c1-10(2)17-8-7-11(15-17)9-16-12-5-3-4-6-13(12)19-14(16)18/h7-8,10H,3-6,9H2,1-2H3. The lowest BCUT2D eigenvalue weighted by Crippen LogP contribution is -2.18. The third-order valence-corrected chi connectivity index (χ3v) is 4.74. The molecule has 0 atom stereocenters. The van der Waals surface area contributed by atoms with Crippen LogP contribution in [0.15, 0.2) is 17.1 Å². The van der Waals surface area contributed by atoms with Crippen LogP contribution in [-0.2, 0) is 19.4 Å². The van der Waals surface area contributed by atoms with E-state index in [0.29, 0.717) is 12.6 Å². The zero-order chi connectivity index (χ0) is 13.4. The lowest BCUT2D eigenvalue weighted by molar-refractivity contribution is 0.521. The van der Waals surface area contributed by atoms with Gasteiger partial charge in [-0.25, -0.2) is 0 Å². The fourth-order valence-corrected chi connectivity index (χ4v) is 3.67. The van der Waals surface area contributed by atoms with Gasteiger partial charge in [0.25, 0.3) is 0 Å². The molecule has 0 fully saturated rings. The van der Waals surface area contributed by atoms with Crippen LogP contribution in [0.3, 0.4) is 0 Å². The molecule has 0 spiro atoms. The van der Waals surface area contributed by atoms with Crippen molar-refractivity contribution in [2.24, 2.45) is 0 Å². The number of hydrogen-bond donors (Lipinski definition) is 0. The molecule has 1 aliphatic rings. The van der Waals surface area contributed by atoms with Gasteiger partial charge in [-0.1, -0.05) is 11.3 Å². The molecule has 2 heterocycles. The van der Waals surface area contributed by atoms with Crippen LogP contribution in [0.5, 0.6) is 0 Å². The SMILES string of the molecule is CC(C)n1ccc(Cn2c3c(sc2=O)CCCC3)n1. The summed E-state index contributed by atoms with van der Waals surface area (Å²) in [6.07, 6.45) is 6.52. The Morgan fingerprint density at radius 2 is 2.16 bits per heavy atom. The Hall–Kier alpha value is -1.36. The summed E-state index contributed by atoms with van der Waals surface area (Å²) in [6.45, 7) is 4.83. The molecule has 0 aromatic carbocycles. The maximum absolute atomic E-state index is 12.1. The van der Waals surface area contributed by atoms with Gasteiger partial charge in [0.05, 0.1) is 12.2 Å². The van der Waals surface area contributed by atoms with Crippen LogP contribution in [0.1, 0.15) is 49.0 Å². The summed E-state index contributed by atoms with van der Waals surface area (Å²) in [7, 11) is 0. The lowest BCUT2D eigenvalue weighted by atomic mass is 10.0. The summed E-state index contributed by atoms with van der Waals surface area (Å²) in [5, 5.41) is 4.54. The van der Waals surface area contributed by atoms with Gasteiger partial charge in [-0.2, -0.15) is 5.10 Å². The summed E-state index contributed by atoms with van der Waals surface area (Å²) >= 11 is 1.42. The number of rotatable bonds is 3. The zero-order valence-electron chi connectivity index (χ0n) is 11.4. The smallest absolute Gasteiger partial charge is 0.297 e. The molecule has 0 N–H and O–H groups in total. The summed E-state index contributed by atoms with van der Waals surface area (Å²) in [6, 6.07) is 2.38. The van der Waals surface area contributed by atoms with E-state index in [1.807, 2.05) is 21.5 Å². The number of aromatic nitrogens is 3. The van der Waals surface area contributed by atoms with Crippen molar-refractivity contribution in [3.63, 3.8) is 0 Å². The monoisotopic (exact) mass is 277 g/mol. The molecule has 5 heteroatoms. The highest BCUT2D eigenvalue weighted by Crippen LogP contribution is 2.23. The Bertz CT molecular complexity index is 635. The van der Waals surface area contributed by atoms with E-state index in [1.165, 1.54) is 34.7 Å². The number of fused-ring (bicyclic) bond motifs is 1. The van der Waals surface area contributed by atoms with Crippen molar-refractivity contribution in [2.45, 2.75) is 52.1 Å². The van der Waals surface area contributed by atoms with Crippen LogP contribution in [0.2, 0.25) is 0 Å². The molecule has 0 bridgehead atoms. The summed E-state index contributed by atoms with van der Waals surface area (Å²) < 4.78 is 3.87. The predicted octanol–water partition coefficient (Wildman–Crippen LogP) is 2.61. The first-order chi connectivity index (χ1) is 9.15. The highest BCUT2D eigenvalue weighted by Gasteiger charge is 2.18. The Morgan fingerprint density at radius 1 is 1.37 bits per heavy atom. The van der Waals surface area contributed by atoms with Crippen LogP contribution in [-0.4, -0.2) is 14.3 Å². The average molecular weight is 277 g/mol. The molecule has 0 radical (unpaired) electrons. The fraction of sp³-hybridized carbons (Fsp3) is 0.571. The van der Waals surface area contributed by atoms with Gasteiger partial charge in [-0.15, -0.1) is 0 Å². The van der Waals surface area contributed by atoms with Crippen molar-refractivity contribution in [2.75, 3.05) is 0 Å². The first-order valence-electron chi connectivity index (χ1n) is 6.90. The van der Waals surface area contributed by atoms with Gasteiger partial charge < -0.3 is 0 Å². The second kappa shape index (κ2) is 4.96. The Labute approximate surface area is 116 Å². The van der Waals surface area contributed by atoms with Crippen molar-refractivity contribution in [1.82, 2.24) is 14.3 Å². The molecular weight excluding hydrogens is 258 g/mol. The molecule has 0 aliphatic heterocycles. The van der Waals surface area contributed by atoms with Crippen molar-refractivity contribution < 1.29 is 0 Å². The van der Waals surface area contributed by atoms with E-state index < -0.39 is 0 Å². The lowest BCUT2D eigenvalue weighted by Gasteiger charge is -2.13. The van der Waals surface area contributed by atoms with E-state index in [-0.39, 0.29) is 4.87 Å². The van der Waals surface area contributed by atoms with E-state index in [9.17, 15) is 4.79 Å². The van der Waals surface area contributed by atoms with E-state index in [0.717, 1.165) is 18.5 Å². The maximum atomic E-state index is 12.1. The molecule has 4 nitrogen and oxygen atoms in total. The molecule has 102 valence electrons. The second-order valence-corrected chi connectivity index (χ2v) is 6.46. The Balaban J connectivity index is 1.90. The van der Waals surface area contributed by atoms with Gasteiger partial charge in [0, 0.05) is 22.8 Å². The summed E-state index contributed by atoms with van der Waals surface area (Å²) in [4.78, 5) is 13.6. The molecule has 0 saturated carbocycles. The number of aryl methyl sites for hydroxylation is 1. The van der Waals surface area contributed by atoms with Gasteiger partial charge in [0.1, 0.15) is 0 Å². The highest BCUT2D eigenvalue weighted by atomic mass is 32.1. The predicted molar refractivity (Wildman–Crippen MR) is 76.9 cm³/mol. The number of hydrogen-bond acceptors (Lipinski definition) is 3. The van der Waals surface area contributed by atoms with Crippen LogP contribution >= 0.6 is 11.3 Å². The highest BCUT2D eigenvalue weighted by molar-refractivity contribution is 7.09. The topological polar surface area (TPSA) is 39.8 Å².